The van der Waals surface area contributed by atoms with Crippen LogP contribution in [0.25, 0.3) is 0 Å². The molecule has 0 aliphatic heterocycles. The molecular formula is C14H22N2O. The minimum Gasteiger partial charge on any atom is -0.495 e. The first-order chi connectivity index (χ1) is 8.22. The third kappa shape index (κ3) is 2.78. The van der Waals surface area contributed by atoms with E-state index in [4.69, 9.17) is 4.74 Å². The third-order valence-electron chi connectivity index (χ3n) is 3.58. The van der Waals surface area contributed by atoms with E-state index in [-0.39, 0.29) is 0 Å². The van der Waals surface area contributed by atoms with Gasteiger partial charge in [-0.05, 0) is 37.4 Å². The van der Waals surface area contributed by atoms with E-state index in [9.17, 15) is 0 Å². The maximum Gasteiger partial charge on any atom is 0.140 e. The topological polar surface area (TPSA) is 34.1 Å². The highest BCUT2D eigenvalue weighted by molar-refractivity contribution is 5.31. The molecule has 0 amide bonds. The van der Waals surface area contributed by atoms with Gasteiger partial charge in [0.1, 0.15) is 5.75 Å². The SMILES string of the molecule is COc1cccnc1C1CCC1CNC(C)C. The molecule has 1 saturated carbocycles. The van der Waals surface area contributed by atoms with E-state index in [0.29, 0.717) is 17.9 Å². The molecule has 94 valence electrons. The van der Waals surface area contributed by atoms with Gasteiger partial charge in [0.05, 0.1) is 12.8 Å². The predicted octanol–water partition coefficient (Wildman–Crippen LogP) is 2.58. The number of aromatic nitrogens is 1. The molecule has 1 N–H and O–H groups in total. The lowest BCUT2D eigenvalue weighted by Crippen LogP contribution is -2.37. The standard InChI is InChI=1S/C14H22N2O/c1-10(2)16-9-11-6-7-12(11)14-13(17-3)5-4-8-15-14/h4-5,8,10-12,16H,6-7,9H2,1-3H3. The van der Waals surface area contributed by atoms with Crippen LogP contribution >= 0.6 is 0 Å². The summed E-state index contributed by atoms with van der Waals surface area (Å²) >= 11 is 0. The van der Waals surface area contributed by atoms with E-state index in [1.54, 1.807) is 7.11 Å². The summed E-state index contributed by atoms with van der Waals surface area (Å²) in [6, 6.07) is 4.50. The van der Waals surface area contributed by atoms with E-state index >= 15 is 0 Å². The number of methoxy groups -OCH3 is 1. The fourth-order valence-electron chi connectivity index (χ4n) is 2.41. The van der Waals surface area contributed by atoms with Crippen LogP contribution < -0.4 is 10.1 Å². The minimum absolute atomic E-state index is 0.557. The molecule has 0 saturated heterocycles. The second-order valence-corrected chi connectivity index (χ2v) is 5.10. The first-order valence-electron chi connectivity index (χ1n) is 6.44. The van der Waals surface area contributed by atoms with Crippen LogP contribution in [0.4, 0.5) is 0 Å². The average molecular weight is 234 g/mol. The molecule has 2 unspecified atom stereocenters. The van der Waals surface area contributed by atoms with Gasteiger partial charge in [-0.1, -0.05) is 13.8 Å². The second-order valence-electron chi connectivity index (χ2n) is 5.10. The van der Waals surface area contributed by atoms with Crippen LogP contribution in [0, 0.1) is 5.92 Å². The first-order valence-corrected chi connectivity index (χ1v) is 6.44. The third-order valence-corrected chi connectivity index (χ3v) is 3.58. The Kier molecular flexibility index (Phi) is 4.00. The summed E-state index contributed by atoms with van der Waals surface area (Å²) in [6.07, 6.45) is 4.39. The normalized spacial score (nSPS) is 23.5. The largest absolute Gasteiger partial charge is 0.495 e. The number of nitrogens with zero attached hydrogens (tertiary/aromatic N) is 1. The van der Waals surface area contributed by atoms with Crippen molar-refractivity contribution in [2.24, 2.45) is 5.92 Å². The Labute approximate surface area is 104 Å². The molecule has 2 rings (SSSR count). The van der Waals surface area contributed by atoms with Crippen molar-refractivity contribution < 1.29 is 4.74 Å². The van der Waals surface area contributed by atoms with E-state index in [1.807, 2.05) is 18.3 Å². The fraction of sp³-hybridized carbons (Fsp3) is 0.643. The highest BCUT2D eigenvalue weighted by atomic mass is 16.5. The monoisotopic (exact) mass is 234 g/mol. The summed E-state index contributed by atoms with van der Waals surface area (Å²) in [4.78, 5) is 4.50. The second kappa shape index (κ2) is 5.50. The van der Waals surface area contributed by atoms with Crippen LogP contribution in [0.1, 0.15) is 38.3 Å². The number of nitrogens with one attached hydrogen (secondary N) is 1. The molecule has 1 aromatic heterocycles. The quantitative estimate of drug-likeness (QED) is 0.850. The first kappa shape index (κ1) is 12.4. The van der Waals surface area contributed by atoms with E-state index < -0.39 is 0 Å². The van der Waals surface area contributed by atoms with Gasteiger partial charge in [0.2, 0.25) is 0 Å². The van der Waals surface area contributed by atoms with Crippen LogP contribution in [0.5, 0.6) is 5.75 Å². The van der Waals surface area contributed by atoms with E-state index in [1.165, 1.54) is 12.8 Å². The van der Waals surface area contributed by atoms with Gasteiger partial charge in [0, 0.05) is 18.2 Å². The van der Waals surface area contributed by atoms with Gasteiger partial charge in [0.25, 0.3) is 0 Å². The van der Waals surface area contributed by atoms with Crippen molar-refractivity contribution in [3.63, 3.8) is 0 Å². The molecule has 0 radical (unpaired) electrons. The molecule has 1 fully saturated rings. The van der Waals surface area contributed by atoms with E-state index in [2.05, 4.69) is 24.1 Å². The zero-order valence-electron chi connectivity index (χ0n) is 10.9. The van der Waals surface area contributed by atoms with E-state index in [0.717, 1.165) is 18.0 Å². The van der Waals surface area contributed by atoms with Gasteiger partial charge in [-0.3, -0.25) is 4.98 Å². The molecule has 1 heterocycles. The molecule has 0 spiro atoms. The maximum absolute atomic E-state index is 5.39. The van der Waals surface area contributed by atoms with Crippen molar-refractivity contribution >= 4 is 0 Å². The average Bonchev–Trinajstić information content (AvgIpc) is 2.28. The summed E-state index contributed by atoms with van der Waals surface area (Å²) in [5.74, 6) is 2.21. The Morgan fingerprint density at radius 1 is 1.47 bits per heavy atom. The number of hydrogen-bond donors (Lipinski definition) is 1. The van der Waals surface area contributed by atoms with Crippen molar-refractivity contribution in [1.82, 2.24) is 10.3 Å². The van der Waals surface area contributed by atoms with Crippen molar-refractivity contribution in [1.29, 1.82) is 0 Å². The molecule has 3 heteroatoms. The van der Waals surface area contributed by atoms with Crippen LogP contribution in [-0.4, -0.2) is 24.7 Å². The van der Waals surface area contributed by atoms with Crippen LogP contribution in [0.2, 0.25) is 0 Å². The number of hydrogen-bond acceptors (Lipinski definition) is 3. The molecule has 2 atom stereocenters. The molecule has 1 aliphatic rings. The van der Waals surface area contributed by atoms with Crippen molar-refractivity contribution in [2.75, 3.05) is 13.7 Å². The Hall–Kier alpha value is -1.09. The molecule has 0 bridgehead atoms. The Balaban J connectivity index is 2.02. The van der Waals surface area contributed by atoms with Gasteiger partial charge in [-0.15, -0.1) is 0 Å². The van der Waals surface area contributed by atoms with Gasteiger partial charge in [0.15, 0.2) is 0 Å². The van der Waals surface area contributed by atoms with Gasteiger partial charge in [-0.2, -0.15) is 0 Å². The molecule has 1 aliphatic carbocycles. The number of ether oxygens (including phenoxy) is 1. The lowest BCUT2D eigenvalue weighted by Gasteiger charge is -2.37. The smallest absolute Gasteiger partial charge is 0.140 e. The van der Waals surface area contributed by atoms with Gasteiger partial charge < -0.3 is 10.1 Å². The Bertz CT molecular complexity index is 365. The summed E-state index contributed by atoms with van der Waals surface area (Å²) in [5, 5.41) is 3.52. The summed E-state index contributed by atoms with van der Waals surface area (Å²) in [7, 11) is 1.72. The summed E-state index contributed by atoms with van der Waals surface area (Å²) in [5.41, 5.74) is 1.14. The lowest BCUT2D eigenvalue weighted by atomic mass is 9.71. The van der Waals surface area contributed by atoms with Gasteiger partial charge >= 0.3 is 0 Å². The predicted molar refractivity (Wildman–Crippen MR) is 69.4 cm³/mol. The summed E-state index contributed by atoms with van der Waals surface area (Å²) < 4.78 is 5.39. The molecule has 1 aromatic rings. The molecular weight excluding hydrogens is 212 g/mol. The van der Waals surface area contributed by atoms with Crippen molar-refractivity contribution in [2.45, 2.75) is 38.6 Å². The van der Waals surface area contributed by atoms with Crippen molar-refractivity contribution in [3.05, 3.63) is 24.0 Å². The van der Waals surface area contributed by atoms with Crippen LogP contribution in [0.3, 0.4) is 0 Å². The fourth-order valence-corrected chi connectivity index (χ4v) is 2.41. The maximum atomic E-state index is 5.39. The molecule has 17 heavy (non-hydrogen) atoms. The lowest BCUT2D eigenvalue weighted by molar-refractivity contribution is 0.230. The molecule has 3 nitrogen and oxygen atoms in total. The van der Waals surface area contributed by atoms with Crippen LogP contribution in [0.15, 0.2) is 18.3 Å². The van der Waals surface area contributed by atoms with Gasteiger partial charge in [-0.25, -0.2) is 0 Å². The number of pyridine rings is 1. The highest BCUT2D eigenvalue weighted by Gasteiger charge is 2.34. The molecule has 0 aromatic carbocycles. The zero-order chi connectivity index (χ0) is 12.3. The van der Waals surface area contributed by atoms with Crippen molar-refractivity contribution in [3.8, 4) is 5.75 Å². The highest BCUT2D eigenvalue weighted by Crippen LogP contribution is 2.44. The minimum atomic E-state index is 0.557. The van der Waals surface area contributed by atoms with Crippen LogP contribution in [-0.2, 0) is 0 Å². The zero-order valence-corrected chi connectivity index (χ0v) is 10.9. The Morgan fingerprint density at radius 2 is 2.29 bits per heavy atom. The number of rotatable bonds is 5. The summed E-state index contributed by atoms with van der Waals surface area (Å²) in [6.45, 7) is 5.46. The Morgan fingerprint density at radius 3 is 2.88 bits per heavy atom.